The second-order valence-corrected chi connectivity index (χ2v) is 6.03. The van der Waals surface area contributed by atoms with Crippen molar-refractivity contribution in [2.45, 2.75) is 52.5 Å². The molecule has 0 aliphatic heterocycles. The smallest absolute Gasteiger partial charge is 0.308 e. The number of nitrogens with one attached hydrogen (secondary N) is 1. The molecule has 0 saturated heterocycles. The normalized spacial score (nSPS) is 26.5. The van der Waals surface area contributed by atoms with Gasteiger partial charge in [0.15, 0.2) is 0 Å². The van der Waals surface area contributed by atoms with Gasteiger partial charge in [-0.15, -0.1) is 0 Å². The molecule has 16 heavy (non-hydrogen) atoms. The molecule has 0 heterocycles. The number of ether oxygens (including phenoxy) is 1. The van der Waals surface area contributed by atoms with Gasteiger partial charge in [-0.25, -0.2) is 0 Å². The first-order valence-corrected chi connectivity index (χ1v) is 6.23. The molecule has 1 fully saturated rings. The van der Waals surface area contributed by atoms with Crippen LogP contribution < -0.4 is 5.32 Å². The summed E-state index contributed by atoms with van der Waals surface area (Å²) in [6.07, 6.45) is 4.23. The molecule has 3 nitrogen and oxygen atoms in total. The summed E-state index contributed by atoms with van der Waals surface area (Å²) in [5.74, 6) is 0.0680. The van der Waals surface area contributed by atoms with Gasteiger partial charge in [0.1, 0.15) is 0 Å². The monoisotopic (exact) mass is 227 g/mol. The molecule has 1 aliphatic carbocycles. The summed E-state index contributed by atoms with van der Waals surface area (Å²) in [5.41, 5.74) is 0.304. The van der Waals surface area contributed by atoms with Crippen molar-refractivity contribution in [1.82, 2.24) is 5.32 Å². The van der Waals surface area contributed by atoms with E-state index in [1.165, 1.54) is 13.5 Å². The van der Waals surface area contributed by atoms with Crippen LogP contribution in [0.1, 0.15) is 46.5 Å². The Kier molecular flexibility index (Phi) is 4.78. The van der Waals surface area contributed by atoms with Crippen LogP contribution in [0.15, 0.2) is 0 Å². The van der Waals surface area contributed by atoms with E-state index in [0.29, 0.717) is 11.5 Å². The van der Waals surface area contributed by atoms with Crippen LogP contribution in [-0.4, -0.2) is 25.7 Å². The number of esters is 1. The highest BCUT2D eigenvalue weighted by molar-refractivity contribution is 5.72. The molecule has 1 rings (SSSR count). The van der Waals surface area contributed by atoms with E-state index in [9.17, 15) is 4.79 Å². The second-order valence-electron chi connectivity index (χ2n) is 6.03. The molecule has 3 heteroatoms. The lowest BCUT2D eigenvalue weighted by Crippen LogP contribution is -2.40. The molecular formula is C13H25NO2. The van der Waals surface area contributed by atoms with Crippen molar-refractivity contribution in [2.24, 2.45) is 11.3 Å². The molecule has 1 aliphatic rings. The number of hydrogen-bond donors (Lipinski definition) is 1. The van der Waals surface area contributed by atoms with Crippen LogP contribution in [0, 0.1) is 11.3 Å². The maximum absolute atomic E-state index is 11.5. The summed E-state index contributed by atoms with van der Waals surface area (Å²) in [6, 6.07) is 0.483. The van der Waals surface area contributed by atoms with Gasteiger partial charge in [0.05, 0.1) is 13.0 Å². The van der Waals surface area contributed by atoms with E-state index in [-0.39, 0.29) is 11.9 Å². The van der Waals surface area contributed by atoms with Crippen molar-refractivity contribution < 1.29 is 9.53 Å². The van der Waals surface area contributed by atoms with Gasteiger partial charge < -0.3 is 10.1 Å². The molecular weight excluding hydrogens is 202 g/mol. The molecule has 94 valence electrons. The van der Waals surface area contributed by atoms with Gasteiger partial charge in [0, 0.05) is 12.6 Å². The van der Waals surface area contributed by atoms with Crippen LogP contribution in [0.4, 0.5) is 0 Å². The topological polar surface area (TPSA) is 38.3 Å². The molecule has 2 atom stereocenters. The standard InChI is InChI=1S/C13H25NO2/c1-13(2,3)9-14-11-7-5-6-10(8-11)12(15)16-4/h10-11,14H,5-9H2,1-4H3/t10-,11-/m0/s1. The minimum absolute atomic E-state index is 0.0396. The first kappa shape index (κ1) is 13.5. The molecule has 1 saturated carbocycles. The van der Waals surface area contributed by atoms with Crippen molar-refractivity contribution in [2.75, 3.05) is 13.7 Å². The average Bonchev–Trinajstić information content (AvgIpc) is 2.25. The summed E-state index contributed by atoms with van der Waals surface area (Å²) in [4.78, 5) is 11.5. The lowest BCUT2D eigenvalue weighted by molar-refractivity contribution is -0.146. The van der Waals surface area contributed by atoms with E-state index < -0.39 is 0 Å². The van der Waals surface area contributed by atoms with E-state index in [1.54, 1.807) is 0 Å². The number of carbonyl (C=O) groups is 1. The SMILES string of the molecule is COC(=O)[C@H]1CCC[C@H](NCC(C)(C)C)C1. The molecule has 0 radical (unpaired) electrons. The Morgan fingerprint density at radius 2 is 2.06 bits per heavy atom. The third-order valence-corrected chi connectivity index (χ3v) is 3.13. The van der Waals surface area contributed by atoms with E-state index >= 15 is 0 Å². The number of methoxy groups -OCH3 is 1. The Balaban J connectivity index is 2.36. The molecule has 0 spiro atoms. The molecule has 0 aromatic heterocycles. The highest BCUT2D eigenvalue weighted by Gasteiger charge is 2.28. The van der Waals surface area contributed by atoms with Gasteiger partial charge in [-0.05, 0) is 24.7 Å². The van der Waals surface area contributed by atoms with Crippen molar-refractivity contribution in [3.05, 3.63) is 0 Å². The highest BCUT2D eigenvalue weighted by Crippen LogP contribution is 2.25. The second kappa shape index (κ2) is 5.67. The molecule has 1 N–H and O–H groups in total. The minimum atomic E-state index is -0.0396. The fraction of sp³-hybridized carbons (Fsp3) is 0.923. The van der Waals surface area contributed by atoms with Crippen LogP contribution in [0.2, 0.25) is 0 Å². The fourth-order valence-corrected chi connectivity index (χ4v) is 2.21. The lowest BCUT2D eigenvalue weighted by Gasteiger charge is -2.30. The summed E-state index contributed by atoms with van der Waals surface area (Å²) in [7, 11) is 1.48. The van der Waals surface area contributed by atoms with Gasteiger partial charge in [0.25, 0.3) is 0 Å². The first-order valence-electron chi connectivity index (χ1n) is 6.23. The van der Waals surface area contributed by atoms with E-state index in [0.717, 1.165) is 25.8 Å². The number of rotatable bonds is 3. The Labute approximate surface area is 98.9 Å². The van der Waals surface area contributed by atoms with Gasteiger partial charge in [-0.2, -0.15) is 0 Å². The highest BCUT2D eigenvalue weighted by atomic mass is 16.5. The van der Waals surface area contributed by atoms with Crippen molar-refractivity contribution in [1.29, 1.82) is 0 Å². The number of carbonyl (C=O) groups excluding carboxylic acids is 1. The van der Waals surface area contributed by atoms with Gasteiger partial charge in [-0.1, -0.05) is 27.2 Å². The third kappa shape index (κ3) is 4.52. The average molecular weight is 227 g/mol. The number of hydrogen-bond acceptors (Lipinski definition) is 3. The quantitative estimate of drug-likeness (QED) is 0.752. The fourth-order valence-electron chi connectivity index (χ4n) is 2.21. The van der Waals surface area contributed by atoms with E-state index in [1.807, 2.05) is 0 Å². The van der Waals surface area contributed by atoms with Crippen LogP contribution in [0.25, 0.3) is 0 Å². The van der Waals surface area contributed by atoms with Gasteiger partial charge in [-0.3, -0.25) is 4.79 Å². The predicted octanol–water partition coefficient (Wildman–Crippen LogP) is 2.35. The zero-order chi connectivity index (χ0) is 12.2. The Morgan fingerprint density at radius 1 is 1.38 bits per heavy atom. The van der Waals surface area contributed by atoms with Crippen molar-refractivity contribution in [3.8, 4) is 0 Å². The van der Waals surface area contributed by atoms with Crippen molar-refractivity contribution in [3.63, 3.8) is 0 Å². The van der Waals surface area contributed by atoms with E-state index in [2.05, 4.69) is 26.1 Å². The van der Waals surface area contributed by atoms with Crippen LogP contribution >= 0.6 is 0 Å². The summed E-state index contributed by atoms with van der Waals surface area (Å²) < 4.78 is 4.82. The zero-order valence-electron chi connectivity index (χ0n) is 11.0. The van der Waals surface area contributed by atoms with Gasteiger partial charge in [0.2, 0.25) is 0 Å². The Morgan fingerprint density at radius 3 is 2.62 bits per heavy atom. The summed E-state index contributed by atoms with van der Waals surface area (Å²) in [5, 5.41) is 3.56. The zero-order valence-corrected chi connectivity index (χ0v) is 11.0. The largest absolute Gasteiger partial charge is 0.469 e. The summed E-state index contributed by atoms with van der Waals surface area (Å²) in [6.45, 7) is 7.67. The Hall–Kier alpha value is -0.570. The van der Waals surface area contributed by atoms with Crippen LogP contribution in [-0.2, 0) is 9.53 Å². The molecule has 0 unspecified atom stereocenters. The predicted molar refractivity (Wildman–Crippen MR) is 65.2 cm³/mol. The third-order valence-electron chi connectivity index (χ3n) is 3.13. The summed E-state index contributed by atoms with van der Waals surface area (Å²) >= 11 is 0. The van der Waals surface area contributed by atoms with Crippen molar-refractivity contribution >= 4 is 5.97 Å². The first-order chi connectivity index (χ1) is 7.42. The maximum atomic E-state index is 11.5. The van der Waals surface area contributed by atoms with Gasteiger partial charge >= 0.3 is 5.97 Å². The molecule has 0 aromatic carbocycles. The maximum Gasteiger partial charge on any atom is 0.308 e. The minimum Gasteiger partial charge on any atom is -0.469 e. The molecule has 0 aromatic rings. The van der Waals surface area contributed by atoms with Crippen LogP contribution in [0.5, 0.6) is 0 Å². The lowest BCUT2D eigenvalue weighted by atomic mass is 9.85. The van der Waals surface area contributed by atoms with E-state index in [4.69, 9.17) is 4.74 Å². The molecule has 0 amide bonds. The molecule has 0 bridgehead atoms. The Bertz CT molecular complexity index is 233. The van der Waals surface area contributed by atoms with Crippen LogP contribution in [0.3, 0.4) is 0 Å².